The molecule has 3 fully saturated rings. The fourth-order valence-electron chi connectivity index (χ4n) is 14.3. The topological polar surface area (TPSA) is 307 Å². The predicted octanol–water partition coefficient (Wildman–Crippen LogP) is 14.1. The molecule has 0 aromatic rings. The minimum Gasteiger partial charge on any atom is -0.394 e. The van der Waals surface area contributed by atoms with Crippen LogP contribution in [0.4, 0.5) is 0 Å². The van der Waals surface area contributed by atoms with Crippen molar-refractivity contribution in [1.29, 1.82) is 0 Å². The van der Waals surface area contributed by atoms with E-state index in [2.05, 4.69) is 31.3 Å². The molecule has 0 aromatic carbocycles. The molecule has 3 heterocycles. The van der Waals surface area contributed by atoms with Gasteiger partial charge in [-0.25, -0.2) is 0 Å². The summed E-state index contributed by atoms with van der Waals surface area (Å²) in [6.07, 6.45) is 49.0. The van der Waals surface area contributed by atoms with E-state index in [0.717, 1.165) is 38.5 Å². The molecule has 0 saturated carbocycles. The van der Waals surface area contributed by atoms with Crippen LogP contribution in [0.25, 0.3) is 0 Å². The van der Waals surface area contributed by atoms with Crippen molar-refractivity contribution in [2.24, 2.45) is 0 Å². The van der Waals surface area contributed by atoms with E-state index in [1.165, 1.54) is 283 Å². The lowest BCUT2D eigenvalue weighted by atomic mass is 9.96. The highest BCUT2D eigenvalue weighted by Crippen LogP contribution is 2.33. The van der Waals surface area contributed by atoms with Crippen molar-refractivity contribution >= 4 is 5.91 Å². The second kappa shape index (κ2) is 62.3. The molecule has 0 radical (unpaired) electrons. The standard InChI is InChI=1S/C81H153NO18/c1-3-5-7-9-11-13-15-17-19-21-23-25-27-29-30-31-32-33-35-37-39-41-43-45-47-49-51-53-55-57-59-69(87)82-64(65(86)58-56-54-52-50-48-46-44-42-40-38-36-34-28-26-24-22-20-18-16-14-12-10-8-6-4-2)63-95-79-75(93)72(90)77(67(61-84)97-79)100-81-76(94)73(91)78(68(62-85)98-81)99-80-74(92)71(89)70(88)66(60-83)96-80/h48,50,56,58,64-68,70-81,83-86,88-94H,3-47,49,51-55,57,59-63H2,1-2H3,(H,82,87)/b50-48+,58-56+. The maximum atomic E-state index is 13.5. The van der Waals surface area contributed by atoms with Crippen LogP contribution >= 0.6 is 0 Å². The zero-order valence-electron chi connectivity index (χ0n) is 63.2. The van der Waals surface area contributed by atoms with Gasteiger partial charge in [-0.2, -0.15) is 0 Å². The van der Waals surface area contributed by atoms with Gasteiger partial charge in [-0.3, -0.25) is 4.79 Å². The Morgan fingerprint density at radius 3 is 1.00 bits per heavy atom. The minimum absolute atomic E-state index is 0.241. The zero-order chi connectivity index (χ0) is 72.5. The molecule has 100 heavy (non-hydrogen) atoms. The van der Waals surface area contributed by atoms with E-state index in [0.29, 0.717) is 12.8 Å². The molecule has 1 amide bonds. The summed E-state index contributed by atoms with van der Waals surface area (Å²) in [6, 6.07) is -0.988. The maximum absolute atomic E-state index is 13.5. The van der Waals surface area contributed by atoms with Gasteiger partial charge in [0.1, 0.15) is 73.2 Å². The van der Waals surface area contributed by atoms with Crippen molar-refractivity contribution < 1.29 is 89.4 Å². The van der Waals surface area contributed by atoms with Gasteiger partial charge in [0.15, 0.2) is 18.9 Å². The first-order valence-corrected chi connectivity index (χ1v) is 41.6. The Bertz CT molecular complexity index is 1900. The highest BCUT2D eigenvalue weighted by atomic mass is 16.8. The van der Waals surface area contributed by atoms with E-state index >= 15 is 0 Å². The van der Waals surface area contributed by atoms with Crippen LogP contribution in [0.5, 0.6) is 0 Å². The van der Waals surface area contributed by atoms with Crippen molar-refractivity contribution in [2.75, 3.05) is 26.4 Å². The summed E-state index contributed by atoms with van der Waals surface area (Å²) in [4.78, 5) is 13.5. The van der Waals surface area contributed by atoms with E-state index < -0.39 is 124 Å². The molecule has 0 aromatic heterocycles. The molecule has 19 nitrogen and oxygen atoms in total. The summed E-state index contributed by atoms with van der Waals surface area (Å²) >= 11 is 0. The van der Waals surface area contributed by atoms with Crippen LogP contribution in [0.2, 0.25) is 0 Å². The number of unbranched alkanes of at least 4 members (excludes halogenated alkanes) is 49. The third-order valence-electron chi connectivity index (χ3n) is 21.0. The number of hydrogen-bond donors (Lipinski definition) is 12. The summed E-state index contributed by atoms with van der Waals surface area (Å²) in [5.41, 5.74) is 0. The summed E-state index contributed by atoms with van der Waals surface area (Å²) < 4.78 is 34.5. The lowest BCUT2D eigenvalue weighted by Gasteiger charge is -2.48. The van der Waals surface area contributed by atoms with E-state index in [9.17, 15) is 61.0 Å². The number of aliphatic hydroxyl groups is 11. The van der Waals surface area contributed by atoms with Gasteiger partial charge in [0.05, 0.1) is 38.6 Å². The van der Waals surface area contributed by atoms with E-state index in [-0.39, 0.29) is 18.9 Å². The number of nitrogens with one attached hydrogen (secondary N) is 1. The fraction of sp³-hybridized carbons (Fsp3) is 0.938. The molecule has 12 N–H and O–H groups in total. The van der Waals surface area contributed by atoms with Crippen molar-refractivity contribution in [3.63, 3.8) is 0 Å². The number of aliphatic hydroxyl groups excluding tert-OH is 11. The fourth-order valence-corrected chi connectivity index (χ4v) is 14.3. The first kappa shape index (κ1) is 92.5. The largest absolute Gasteiger partial charge is 0.394 e. The Morgan fingerprint density at radius 1 is 0.350 bits per heavy atom. The van der Waals surface area contributed by atoms with Crippen LogP contribution in [-0.2, 0) is 33.2 Å². The molecule has 19 heteroatoms. The maximum Gasteiger partial charge on any atom is 0.220 e. The van der Waals surface area contributed by atoms with Crippen molar-refractivity contribution in [3.8, 4) is 0 Å². The Balaban J connectivity index is 1.37. The summed E-state index contributed by atoms with van der Waals surface area (Å²) in [5, 5.41) is 121. The number of amides is 1. The number of allylic oxidation sites excluding steroid dienone is 3. The van der Waals surface area contributed by atoms with E-state index in [1.54, 1.807) is 6.08 Å². The van der Waals surface area contributed by atoms with Gasteiger partial charge in [-0.15, -0.1) is 0 Å². The van der Waals surface area contributed by atoms with Crippen molar-refractivity contribution in [1.82, 2.24) is 5.32 Å². The number of ether oxygens (including phenoxy) is 6. The van der Waals surface area contributed by atoms with Crippen LogP contribution in [0.1, 0.15) is 354 Å². The van der Waals surface area contributed by atoms with Gasteiger partial charge in [0.25, 0.3) is 0 Å². The molecule has 590 valence electrons. The van der Waals surface area contributed by atoms with Crippen molar-refractivity contribution in [2.45, 2.75) is 458 Å². The van der Waals surface area contributed by atoms with Gasteiger partial charge in [-0.1, -0.05) is 340 Å². The Labute approximate surface area is 607 Å². The molecule has 0 bridgehead atoms. The molecular weight excluding hydrogens is 1270 g/mol. The Morgan fingerprint density at radius 2 is 0.640 bits per heavy atom. The van der Waals surface area contributed by atoms with Crippen LogP contribution in [0, 0.1) is 0 Å². The predicted molar refractivity (Wildman–Crippen MR) is 397 cm³/mol. The van der Waals surface area contributed by atoms with Gasteiger partial charge >= 0.3 is 0 Å². The normalized spacial score (nSPS) is 26.5. The third kappa shape index (κ3) is 42.0. The highest BCUT2D eigenvalue weighted by molar-refractivity contribution is 5.76. The second-order valence-electron chi connectivity index (χ2n) is 29.9. The average Bonchev–Trinajstić information content (AvgIpc) is 0.781. The molecule has 3 saturated heterocycles. The molecule has 0 spiro atoms. The first-order valence-electron chi connectivity index (χ1n) is 41.6. The lowest BCUT2D eigenvalue weighted by molar-refractivity contribution is -0.379. The third-order valence-corrected chi connectivity index (χ3v) is 21.0. The van der Waals surface area contributed by atoms with Gasteiger partial charge in [-0.05, 0) is 32.1 Å². The number of carbonyl (C=O) groups excluding carboxylic acids is 1. The summed E-state index contributed by atoms with van der Waals surface area (Å²) in [5.74, 6) is -0.277. The lowest BCUT2D eigenvalue weighted by Crippen LogP contribution is -2.66. The average molecular weight is 1430 g/mol. The van der Waals surface area contributed by atoms with Crippen molar-refractivity contribution in [3.05, 3.63) is 24.3 Å². The molecule has 17 atom stereocenters. The highest BCUT2D eigenvalue weighted by Gasteiger charge is 2.54. The number of rotatable bonds is 67. The molecule has 0 aliphatic carbocycles. The first-order chi connectivity index (χ1) is 48.8. The Kier molecular flexibility index (Phi) is 57.6. The van der Waals surface area contributed by atoms with Crippen LogP contribution in [0.3, 0.4) is 0 Å². The monoisotopic (exact) mass is 1430 g/mol. The second-order valence-corrected chi connectivity index (χ2v) is 29.9. The molecule has 17 unspecified atom stereocenters. The van der Waals surface area contributed by atoms with Gasteiger partial charge < -0.3 is 89.9 Å². The quantitative estimate of drug-likeness (QED) is 0.0199. The summed E-state index contributed by atoms with van der Waals surface area (Å²) in [7, 11) is 0. The van der Waals surface area contributed by atoms with Gasteiger partial charge in [0.2, 0.25) is 5.91 Å². The number of hydrogen-bond acceptors (Lipinski definition) is 18. The van der Waals surface area contributed by atoms with Crippen LogP contribution in [0.15, 0.2) is 24.3 Å². The smallest absolute Gasteiger partial charge is 0.220 e. The zero-order valence-corrected chi connectivity index (χ0v) is 63.2. The van der Waals surface area contributed by atoms with Crippen LogP contribution in [-0.4, -0.2) is 193 Å². The Hall–Kier alpha value is -1.73. The summed E-state index contributed by atoms with van der Waals surface area (Å²) in [6.45, 7) is 1.78. The SMILES string of the molecule is CCCCCCCCCCCCCCCCCCCCC/C=C/CC/C=C/C(O)C(COC1OC(CO)C(OC2OC(CO)C(OC3OC(CO)C(O)C(O)C3O)C(O)C2O)C(O)C1O)NC(=O)CCCCCCCCCCCCCCCCCCCCCCCCCCCCCCCC. The number of carbonyl (C=O) groups is 1. The molecule has 3 aliphatic heterocycles. The van der Waals surface area contributed by atoms with Gasteiger partial charge in [0, 0.05) is 6.42 Å². The van der Waals surface area contributed by atoms with Crippen LogP contribution < -0.4 is 5.32 Å². The van der Waals surface area contributed by atoms with E-state index in [4.69, 9.17) is 28.4 Å². The molecular formula is C81H153NO18. The molecule has 3 rings (SSSR count). The van der Waals surface area contributed by atoms with E-state index in [1.807, 2.05) is 6.08 Å². The molecule has 3 aliphatic rings. The minimum atomic E-state index is -1.98.